The number of ether oxygens (including phenoxy) is 1. The molecule has 1 N–H and O–H groups in total. The second kappa shape index (κ2) is 10.7. The maximum atomic E-state index is 12.8. The lowest BCUT2D eigenvalue weighted by molar-refractivity contribution is -0.136. The molecule has 2 aromatic heterocycles. The number of carbonyl (C=O) groups excluding carboxylic acids is 2. The van der Waals surface area contributed by atoms with Gasteiger partial charge in [-0.2, -0.15) is 5.10 Å². The lowest BCUT2D eigenvalue weighted by atomic mass is 9.90. The van der Waals surface area contributed by atoms with Crippen LogP contribution in [0, 0.1) is 5.92 Å². The van der Waals surface area contributed by atoms with Crippen molar-refractivity contribution in [3.8, 4) is 0 Å². The number of nitrogens with one attached hydrogen (secondary N) is 1. The summed E-state index contributed by atoms with van der Waals surface area (Å²) < 4.78 is 7.43. The van der Waals surface area contributed by atoms with Gasteiger partial charge in [-0.1, -0.05) is 6.07 Å². The van der Waals surface area contributed by atoms with Crippen molar-refractivity contribution in [1.82, 2.24) is 25.0 Å². The van der Waals surface area contributed by atoms with Gasteiger partial charge >= 0.3 is 0 Å². The van der Waals surface area contributed by atoms with Crippen molar-refractivity contribution in [1.29, 1.82) is 0 Å². The lowest BCUT2D eigenvalue weighted by Gasteiger charge is -2.33. The average Bonchev–Trinajstić information content (AvgIpc) is 3.19. The van der Waals surface area contributed by atoms with Gasteiger partial charge in [0.1, 0.15) is 0 Å². The molecule has 0 saturated carbocycles. The molecule has 0 spiro atoms. The van der Waals surface area contributed by atoms with Crippen LogP contribution < -0.4 is 5.32 Å². The largest absolute Gasteiger partial charge is 0.378 e. The summed E-state index contributed by atoms with van der Waals surface area (Å²) >= 11 is 0. The maximum Gasteiger partial charge on any atom is 0.255 e. The Morgan fingerprint density at radius 1 is 1.19 bits per heavy atom. The first-order valence-electron chi connectivity index (χ1n) is 11.7. The van der Waals surface area contributed by atoms with E-state index in [0.717, 1.165) is 69.6 Å². The van der Waals surface area contributed by atoms with Gasteiger partial charge in [0.2, 0.25) is 5.91 Å². The van der Waals surface area contributed by atoms with Crippen LogP contribution in [-0.2, 0) is 29.5 Å². The molecule has 0 bridgehead atoms. The molecule has 4 heterocycles. The zero-order chi connectivity index (χ0) is 22.3. The van der Waals surface area contributed by atoms with E-state index in [0.29, 0.717) is 24.4 Å². The summed E-state index contributed by atoms with van der Waals surface area (Å²) in [7, 11) is 1.84. The zero-order valence-electron chi connectivity index (χ0n) is 18.8. The third-order valence-electron chi connectivity index (χ3n) is 6.43. The molecule has 2 saturated heterocycles. The van der Waals surface area contributed by atoms with E-state index in [9.17, 15) is 9.59 Å². The van der Waals surface area contributed by atoms with Crippen LogP contribution in [0.4, 0.5) is 0 Å². The van der Waals surface area contributed by atoms with Crippen molar-refractivity contribution in [2.45, 2.75) is 57.6 Å². The molecule has 2 aliphatic rings. The highest BCUT2D eigenvalue weighted by atomic mass is 16.5. The minimum Gasteiger partial charge on any atom is -0.378 e. The second-order valence-electron chi connectivity index (χ2n) is 8.89. The highest BCUT2D eigenvalue weighted by molar-refractivity contribution is 5.95. The van der Waals surface area contributed by atoms with Crippen LogP contribution in [-0.4, -0.2) is 57.3 Å². The number of likely N-dealkylation sites (tertiary alicyclic amines) is 1. The molecule has 0 radical (unpaired) electrons. The number of pyridine rings is 1. The van der Waals surface area contributed by atoms with Gasteiger partial charge in [0, 0.05) is 39.1 Å². The number of rotatable bonds is 7. The molecule has 1 unspecified atom stereocenters. The molecule has 0 aromatic carbocycles. The molecule has 2 fully saturated rings. The predicted octanol–water partition coefficient (Wildman–Crippen LogP) is 2.49. The fourth-order valence-corrected chi connectivity index (χ4v) is 4.60. The van der Waals surface area contributed by atoms with Crippen LogP contribution in [0.25, 0.3) is 0 Å². The molecule has 2 aliphatic heterocycles. The number of nitrogens with zero attached hydrogens (tertiary/aromatic N) is 4. The number of aryl methyl sites for hydroxylation is 1. The summed E-state index contributed by atoms with van der Waals surface area (Å²) in [5.74, 6) is 0.504. The molecule has 8 nitrogen and oxygen atoms in total. The van der Waals surface area contributed by atoms with Gasteiger partial charge in [0.25, 0.3) is 5.91 Å². The Labute approximate surface area is 189 Å². The van der Waals surface area contributed by atoms with Gasteiger partial charge in [0.15, 0.2) is 0 Å². The molecule has 4 rings (SSSR count). The average molecular weight is 440 g/mol. The SMILES string of the molecule is Cn1cc(C(=O)NCc2ccccn2)c(CC2CCN(C(=O)CC3CCCCO3)CC2)n1. The van der Waals surface area contributed by atoms with E-state index < -0.39 is 0 Å². The second-order valence-corrected chi connectivity index (χ2v) is 8.89. The van der Waals surface area contributed by atoms with E-state index in [4.69, 9.17) is 4.74 Å². The Morgan fingerprint density at radius 3 is 2.75 bits per heavy atom. The molecular formula is C24H33N5O3. The molecular weight excluding hydrogens is 406 g/mol. The summed E-state index contributed by atoms with van der Waals surface area (Å²) in [5.41, 5.74) is 2.27. The normalized spacial score (nSPS) is 19.7. The van der Waals surface area contributed by atoms with E-state index in [2.05, 4.69) is 15.4 Å². The Kier molecular flexibility index (Phi) is 7.52. The van der Waals surface area contributed by atoms with Crippen LogP contribution in [0.3, 0.4) is 0 Å². The highest BCUT2D eigenvalue weighted by Gasteiger charge is 2.27. The van der Waals surface area contributed by atoms with E-state index in [1.165, 1.54) is 0 Å². The Hall–Kier alpha value is -2.74. The maximum absolute atomic E-state index is 12.8. The van der Waals surface area contributed by atoms with Crippen LogP contribution in [0.15, 0.2) is 30.6 Å². The summed E-state index contributed by atoms with van der Waals surface area (Å²) in [4.78, 5) is 31.6. The van der Waals surface area contributed by atoms with Gasteiger partial charge in [-0.05, 0) is 56.6 Å². The number of amides is 2. The van der Waals surface area contributed by atoms with Crippen LogP contribution in [0.5, 0.6) is 0 Å². The molecule has 32 heavy (non-hydrogen) atoms. The van der Waals surface area contributed by atoms with Gasteiger partial charge in [0.05, 0.1) is 36.0 Å². The molecule has 8 heteroatoms. The first-order valence-corrected chi connectivity index (χ1v) is 11.7. The van der Waals surface area contributed by atoms with E-state index >= 15 is 0 Å². The van der Waals surface area contributed by atoms with Crippen molar-refractivity contribution < 1.29 is 14.3 Å². The third kappa shape index (κ3) is 5.94. The summed E-state index contributed by atoms with van der Waals surface area (Å²) in [5, 5.41) is 7.50. The van der Waals surface area contributed by atoms with Gasteiger partial charge in [-0.3, -0.25) is 19.3 Å². The molecule has 2 amide bonds. The number of piperidine rings is 1. The van der Waals surface area contributed by atoms with Gasteiger partial charge < -0.3 is 15.0 Å². The summed E-state index contributed by atoms with van der Waals surface area (Å²) in [6.45, 7) is 2.70. The van der Waals surface area contributed by atoms with Crippen molar-refractivity contribution in [2.24, 2.45) is 13.0 Å². The molecule has 1 atom stereocenters. The Balaban J connectivity index is 1.27. The van der Waals surface area contributed by atoms with Crippen LogP contribution in [0.2, 0.25) is 0 Å². The topological polar surface area (TPSA) is 89.4 Å². The fourth-order valence-electron chi connectivity index (χ4n) is 4.60. The first kappa shape index (κ1) is 22.5. The molecule has 0 aliphatic carbocycles. The van der Waals surface area contributed by atoms with E-state index in [-0.39, 0.29) is 17.9 Å². The number of hydrogen-bond donors (Lipinski definition) is 1. The number of carbonyl (C=O) groups is 2. The lowest BCUT2D eigenvalue weighted by Crippen LogP contribution is -2.41. The molecule has 172 valence electrons. The number of aromatic nitrogens is 3. The Bertz CT molecular complexity index is 900. The minimum atomic E-state index is -0.126. The Morgan fingerprint density at radius 2 is 2.03 bits per heavy atom. The van der Waals surface area contributed by atoms with Crippen molar-refractivity contribution >= 4 is 11.8 Å². The summed E-state index contributed by atoms with van der Waals surface area (Å²) in [6.07, 6.45) is 9.97. The standard InChI is InChI=1S/C24H33N5O3/c1-28-17-21(24(31)26-16-19-6-2-4-10-25-19)22(27-28)14-18-8-11-29(12-9-18)23(30)15-20-7-3-5-13-32-20/h2,4,6,10,17-18,20H,3,5,7-9,11-16H2,1H3,(H,26,31). The van der Waals surface area contributed by atoms with Crippen molar-refractivity contribution in [3.05, 3.63) is 47.5 Å². The highest BCUT2D eigenvalue weighted by Crippen LogP contribution is 2.24. The van der Waals surface area contributed by atoms with Crippen molar-refractivity contribution in [2.75, 3.05) is 19.7 Å². The monoisotopic (exact) mass is 439 g/mol. The quantitative estimate of drug-likeness (QED) is 0.716. The number of hydrogen-bond acceptors (Lipinski definition) is 5. The van der Waals surface area contributed by atoms with Crippen LogP contribution >= 0.6 is 0 Å². The van der Waals surface area contributed by atoms with Gasteiger partial charge in [-0.25, -0.2) is 0 Å². The molecule has 2 aromatic rings. The van der Waals surface area contributed by atoms with Crippen molar-refractivity contribution in [3.63, 3.8) is 0 Å². The van der Waals surface area contributed by atoms with Gasteiger partial charge in [-0.15, -0.1) is 0 Å². The minimum absolute atomic E-state index is 0.0923. The van der Waals surface area contributed by atoms with E-state index in [1.807, 2.05) is 30.1 Å². The smallest absolute Gasteiger partial charge is 0.255 e. The summed E-state index contributed by atoms with van der Waals surface area (Å²) in [6, 6.07) is 5.65. The predicted molar refractivity (Wildman–Crippen MR) is 120 cm³/mol. The third-order valence-corrected chi connectivity index (χ3v) is 6.43. The van der Waals surface area contributed by atoms with E-state index in [1.54, 1.807) is 17.1 Å². The van der Waals surface area contributed by atoms with Crippen LogP contribution in [0.1, 0.15) is 60.3 Å². The first-order chi connectivity index (χ1) is 15.6. The fraction of sp³-hybridized carbons (Fsp3) is 0.583. The zero-order valence-corrected chi connectivity index (χ0v) is 18.8.